The Morgan fingerprint density at radius 2 is 1.93 bits per heavy atom. The second-order valence-electron chi connectivity index (χ2n) is 7.23. The highest BCUT2D eigenvalue weighted by molar-refractivity contribution is 7.20. The lowest BCUT2D eigenvalue weighted by Crippen LogP contribution is -2.43. The number of nitrogens with one attached hydrogen (secondary N) is 1. The summed E-state index contributed by atoms with van der Waals surface area (Å²) in [6.45, 7) is 0.784. The number of aliphatic carboxylic acids is 1. The molecule has 2 aromatic carbocycles. The summed E-state index contributed by atoms with van der Waals surface area (Å²) in [5.74, 6) is -0.152. The van der Waals surface area contributed by atoms with Gasteiger partial charge < -0.3 is 15.2 Å². The fourth-order valence-corrected chi connectivity index (χ4v) is 4.63. The third-order valence-corrected chi connectivity index (χ3v) is 6.22. The van der Waals surface area contributed by atoms with E-state index >= 15 is 0 Å². The van der Waals surface area contributed by atoms with Crippen molar-refractivity contribution >= 4 is 27.5 Å². The molecule has 2 atom stereocenters. The van der Waals surface area contributed by atoms with Crippen LogP contribution in [0.15, 0.2) is 48.5 Å². The molecule has 0 radical (unpaired) electrons. The second-order valence-corrected chi connectivity index (χ2v) is 8.23. The first-order valence-electron chi connectivity index (χ1n) is 9.77. The monoisotopic (exact) mass is 396 g/mol. The van der Waals surface area contributed by atoms with E-state index in [4.69, 9.17) is 4.74 Å². The lowest BCUT2D eigenvalue weighted by atomic mass is 9.84. The molecule has 0 bridgehead atoms. The van der Waals surface area contributed by atoms with Gasteiger partial charge in [-0.1, -0.05) is 48.4 Å². The molecule has 0 saturated heterocycles. The Morgan fingerprint density at radius 3 is 2.71 bits per heavy atom. The van der Waals surface area contributed by atoms with Crippen LogP contribution in [0.25, 0.3) is 10.2 Å². The minimum atomic E-state index is -0.673. The SMILES string of the molecule is O=C(O)C1CCCCC1NCCc1ccc(Oc2nc3ccccc3s2)cc1. The number of para-hydroxylation sites is 1. The van der Waals surface area contributed by atoms with Crippen LogP contribution in [0.5, 0.6) is 10.9 Å². The fourth-order valence-electron chi connectivity index (χ4n) is 3.79. The number of aromatic nitrogens is 1. The third-order valence-electron chi connectivity index (χ3n) is 5.31. The summed E-state index contributed by atoms with van der Waals surface area (Å²) in [5.41, 5.74) is 2.15. The largest absolute Gasteiger partial charge is 0.481 e. The number of rotatable bonds is 7. The molecule has 1 aliphatic rings. The van der Waals surface area contributed by atoms with E-state index in [1.165, 1.54) is 16.9 Å². The molecule has 28 heavy (non-hydrogen) atoms. The standard InChI is InChI=1S/C22H24N2O3S/c25-21(26)17-5-1-2-6-18(17)23-14-13-15-9-11-16(12-10-15)27-22-24-19-7-3-4-8-20(19)28-22/h3-4,7-12,17-18,23H,1-2,5-6,13-14H2,(H,25,26). The summed E-state index contributed by atoms with van der Waals surface area (Å²) < 4.78 is 7.00. The number of hydrogen-bond acceptors (Lipinski definition) is 5. The van der Waals surface area contributed by atoms with Crippen LogP contribution < -0.4 is 10.1 Å². The Balaban J connectivity index is 1.30. The van der Waals surface area contributed by atoms with Crippen molar-refractivity contribution in [2.75, 3.05) is 6.54 Å². The fraction of sp³-hybridized carbons (Fsp3) is 0.364. The molecule has 1 heterocycles. The van der Waals surface area contributed by atoms with Crippen molar-refractivity contribution in [1.82, 2.24) is 10.3 Å². The lowest BCUT2D eigenvalue weighted by Gasteiger charge is -2.29. The van der Waals surface area contributed by atoms with E-state index in [1.807, 2.05) is 36.4 Å². The first kappa shape index (κ1) is 18.9. The lowest BCUT2D eigenvalue weighted by molar-refractivity contribution is -0.143. The Morgan fingerprint density at radius 1 is 1.14 bits per heavy atom. The van der Waals surface area contributed by atoms with Crippen LogP contribution in [0.4, 0.5) is 0 Å². The van der Waals surface area contributed by atoms with Crippen LogP contribution in [0.3, 0.4) is 0 Å². The van der Waals surface area contributed by atoms with Crippen molar-refractivity contribution in [1.29, 1.82) is 0 Å². The van der Waals surface area contributed by atoms with E-state index in [0.29, 0.717) is 5.19 Å². The van der Waals surface area contributed by atoms with Crippen LogP contribution in [-0.2, 0) is 11.2 Å². The average Bonchev–Trinajstić information content (AvgIpc) is 3.12. The normalized spacial score (nSPS) is 19.6. The number of carboxylic acid groups (broad SMARTS) is 1. The van der Waals surface area contributed by atoms with Gasteiger partial charge >= 0.3 is 5.97 Å². The van der Waals surface area contributed by atoms with Gasteiger partial charge in [0, 0.05) is 6.04 Å². The molecular formula is C22H24N2O3S. The van der Waals surface area contributed by atoms with Crippen molar-refractivity contribution in [3.8, 4) is 10.9 Å². The molecule has 0 aliphatic heterocycles. The molecule has 1 fully saturated rings. The number of carboxylic acids is 1. The topological polar surface area (TPSA) is 71.5 Å². The number of fused-ring (bicyclic) bond motifs is 1. The van der Waals surface area contributed by atoms with E-state index < -0.39 is 5.97 Å². The van der Waals surface area contributed by atoms with Crippen molar-refractivity contribution < 1.29 is 14.6 Å². The molecule has 2 unspecified atom stereocenters. The quantitative estimate of drug-likeness (QED) is 0.596. The molecule has 4 rings (SSSR count). The Hall–Kier alpha value is -2.44. The maximum atomic E-state index is 11.4. The molecule has 1 saturated carbocycles. The summed E-state index contributed by atoms with van der Waals surface area (Å²) in [5, 5.41) is 13.5. The highest BCUT2D eigenvalue weighted by Crippen LogP contribution is 2.31. The van der Waals surface area contributed by atoms with Gasteiger partial charge in [-0.2, -0.15) is 0 Å². The third kappa shape index (κ3) is 4.51. The highest BCUT2D eigenvalue weighted by Gasteiger charge is 2.30. The zero-order valence-corrected chi connectivity index (χ0v) is 16.5. The van der Waals surface area contributed by atoms with Gasteiger partial charge in [-0.25, -0.2) is 4.98 Å². The van der Waals surface area contributed by atoms with Crippen molar-refractivity contribution in [3.05, 3.63) is 54.1 Å². The van der Waals surface area contributed by atoms with Crippen LogP contribution in [-0.4, -0.2) is 28.6 Å². The minimum absolute atomic E-state index is 0.0906. The molecule has 3 aromatic rings. The number of hydrogen-bond donors (Lipinski definition) is 2. The number of benzene rings is 2. The van der Waals surface area contributed by atoms with Crippen molar-refractivity contribution in [2.24, 2.45) is 5.92 Å². The van der Waals surface area contributed by atoms with Gasteiger partial charge in [0.05, 0.1) is 16.1 Å². The smallest absolute Gasteiger partial charge is 0.308 e. The van der Waals surface area contributed by atoms with Crippen molar-refractivity contribution in [2.45, 2.75) is 38.1 Å². The van der Waals surface area contributed by atoms with E-state index in [0.717, 1.165) is 54.6 Å². The summed E-state index contributed by atoms with van der Waals surface area (Å²) in [6, 6.07) is 16.1. The average molecular weight is 397 g/mol. The summed E-state index contributed by atoms with van der Waals surface area (Å²) in [7, 11) is 0. The number of nitrogens with zero attached hydrogens (tertiary/aromatic N) is 1. The predicted molar refractivity (Wildman–Crippen MR) is 111 cm³/mol. The second kappa shape index (κ2) is 8.71. The van der Waals surface area contributed by atoms with Gasteiger partial charge in [0.15, 0.2) is 0 Å². The van der Waals surface area contributed by atoms with E-state index in [2.05, 4.69) is 22.4 Å². The zero-order valence-electron chi connectivity index (χ0n) is 15.6. The zero-order chi connectivity index (χ0) is 19.3. The minimum Gasteiger partial charge on any atom is -0.481 e. The van der Waals surface area contributed by atoms with E-state index in [9.17, 15) is 9.90 Å². The van der Waals surface area contributed by atoms with Gasteiger partial charge in [-0.3, -0.25) is 4.79 Å². The molecule has 0 amide bonds. The van der Waals surface area contributed by atoms with Gasteiger partial charge in [0.1, 0.15) is 5.75 Å². The van der Waals surface area contributed by atoms with Gasteiger partial charge in [-0.15, -0.1) is 0 Å². The summed E-state index contributed by atoms with van der Waals surface area (Å²) >= 11 is 1.54. The molecule has 1 aromatic heterocycles. The summed E-state index contributed by atoms with van der Waals surface area (Å²) in [6.07, 6.45) is 4.73. The van der Waals surface area contributed by atoms with Crippen LogP contribution in [0.2, 0.25) is 0 Å². The molecule has 1 aliphatic carbocycles. The van der Waals surface area contributed by atoms with E-state index in [1.54, 1.807) is 0 Å². The van der Waals surface area contributed by atoms with Gasteiger partial charge in [0.25, 0.3) is 5.19 Å². The van der Waals surface area contributed by atoms with Crippen LogP contribution >= 0.6 is 11.3 Å². The number of ether oxygens (including phenoxy) is 1. The Bertz CT molecular complexity index is 905. The van der Waals surface area contributed by atoms with Crippen LogP contribution in [0, 0.1) is 5.92 Å². The number of thiazole rings is 1. The molecule has 6 heteroatoms. The van der Waals surface area contributed by atoms with Gasteiger partial charge in [0.2, 0.25) is 0 Å². The molecule has 146 valence electrons. The Labute approximate surface area is 168 Å². The first-order valence-corrected chi connectivity index (χ1v) is 10.6. The van der Waals surface area contributed by atoms with Crippen molar-refractivity contribution in [3.63, 3.8) is 0 Å². The molecular weight excluding hydrogens is 372 g/mol. The number of carbonyl (C=O) groups is 1. The molecule has 0 spiro atoms. The predicted octanol–water partition coefficient (Wildman–Crippen LogP) is 4.86. The summed E-state index contributed by atoms with van der Waals surface area (Å²) in [4.78, 5) is 15.9. The van der Waals surface area contributed by atoms with E-state index in [-0.39, 0.29) is 12.0 Å². The van der Waals surface area contributed by atoms with Crippen LogP contribution in [0.1, 0.15) is 31.2 Å². The van der Waals surface area contributed by atoms with Gasteiger partial charge in [-0.05, 0) is 55.6 Å². The maximum absolute atomic E-state index is 11.4. The molecule has 5 nitrogen and oxygen atoms in total. The Kier molecular flexibility index (Phi) is 5.88. The maximum Gasteiger partial charge on any atom is 0.308 e. The first-order chi connectivity index (χ1) is 13.7. The molecule has 2 N–H and O–H groups in total. The highest BCUT2D eigenvalue weighted by atomic mass is 32.1.